The molecule has 0 saturated carbocycles. The first-order chi connectivity index (χ1) is 66.9. The molecule has 0 spiro atoms. The number of hydrogen-bond donors (Lipinski definition) is 3. The summed E-state index contributed by atoms with van der Waals surface area (Å²) in [5.74, 6) is -17.8. The van der Waals surface area contributed by atoms with Gasteiger partial charge in [-0.3, -0.25) is 24.0 Å². The average molecular weight is 2030 g/mol. The van der Waals surface area contributed by atoms with Crippen molar-refractivity contribution in [3.05, 3.63) is 253 Å². The Kier molecular flexibility index (Phi) is 30.8. The molecule has 0 unspecified atom stereocenters. The van der Waals surface area contributed by atoms with Gasteiger partial charge in [-0.05, 0) is 91.9 Å². The number of ether oxygens (including phenoxy) is 7. The van der Waals surface area contributed by atoms with E-state index in [9.17, 15) is 109 Å². The van der Waals surface area contributed by atoms with Crippen molar-refractivity contribution in [3.63, 3.8) is 0 Å². The van der Waals surface area contributed by atoms with Crippen LogP contribution in [0.4, 0.5) is 114 Å². The molecule has 3 aliphatic heterocycles. The Labute approximate surface area is 785 Å². The lowest BCUT2D eigenvalue weighted by molar-refractivity contribution is -0.167. The van der Waals surface area contributed by atoms with Crippen molar-refractivity contribution in [1.29, 1.82) is 0 Å². The molecule has 756 valence electrons. The van der Waals surface area contributed by atoms with E-state index < -0.39 is 243 Å². The van der Waals surface area contributed by atoms with Crippen LogP contribution in [0.25, 0.3) is 50.5 Å². The number of carbonyl (C=O) groups is 6. The number of nitrogens with one attached hydrogen (secondary N) is 3. The monoisotopic (exact) mass is 2030 g/mol. The van der Waals surface area contributed by atoms with Gasteiger partial charge in [-0.1, -0.05) is 0 Å². The fourth-order valence-electron chi connectivity index (χ4n) is 16.2. The van der Waals surface area contributed by atoms with Crippen molar-refractivity contribution >= 4 is 69.6 Å². The molecule has 11 heterocycles. The molecular weight excluding hydrogens is 1950 g/mol. The Morgan fingerprint density at radius 2 is 0.732 bits per heavy atom. The number of esters is 3. The van der Waals surface area contributed by atoms with Crippen molar-refractivity contribution in [2.24, 2.45) is 14.1 Å². The minimum absolute atomic E-state index is 0.0582. The molecular formula is C90H77F22N15O15. The van der Waals surface area contributed by atoms with E-state index in [-0.39, 0.29) is 96.6 Å². The number of morpholine rings is 3. The molecule has 15 rings (SSSR count). The molecule has 30 nitrogen and oxygen atoms in total. The van der Waals surface area contributed by atoms with Gasteiger partial charge in [0, 0.05) is 171 Å². The van der Waals surface area contributed by atoms with Crippen molar-refractivity contribution in [3.8, 4) is 39.3 Å². The predicted molar refractivity (Wildman–Crippen MR) is 455 cm³/mol. The average Bonchev–Trinajstić information content (AvgIpc) is 1.21. The van der Waals surface area contributed by atoms with Crippen LogP contribution in [0.5, 0.6) is 5.75 Å². The Hall–Kier alpha value is -14.9. The number of carbonyl (C=O) groups excluding carboxylic acids is 6. The Balaban J connectivity index is 0.000000179. The zero-order valence-electron chi connectivity index (χ0n) is 74.5. The quantitative estimate of drug-likeness (QED) is 0.0322. The van der Waals surface area contributed by atoms with E-state index in [2.05, 4.69) is 35.9 Å². The number of halogens is 22. The Morgan fingerprint density at radius 1 is 0.415 bits per heavy atom. The van der Waals surface area contributed by atoms with Gasteiger partial charge in [-0.25, -0.2) is 65.1 Å². The Bertz CT molecular complexity index is 6890. The highest BCUT2D eigenvalue weighted by Crippen LogP contribution is 2.46. The van der Waals surface area contributed by atoms with Crippen molar-refractivity contribution < 1.29 is 159 Å². The van der Waals surface area contributed by atoms with Gasteiger partial charge in [0.15, 0.2) is 0 Å². The van der Waals surface area contributed by atoms with Crippen molar-refractivity contribution in [2.45, 2.75) is 93.3 Å². The fourth-order valence-corrected chi connectivity index (χ4v) is 16.2. The maximum absolute atomic E-state index is 15.2. The first-order valence-corrected chi connectivity index (χ1v) is 41.9. The summed E-state index contributed by atoms with van der Waals surface area (Å²) in [4.78, 5) is 122. The van der Waals surface area contributed by atoms with Gasteiger partial charge >= 0.3 is 48.8 Å². The number of aryl methyl sites for hydroxylation is 2. The van der Waals surface area contributed by atoms with Crippen LogP contribution < -0.4 is 46.5 Å². The molecule has 8 aromatic heterocycles. The highest BCUT2D eigenvalue weighted by molar-refractivity contribution is 6.00. The number of imidazole rings is 3. The van der Waals surface area contributed by atoms with E-state index in [0.717, 1.165) is 50.0 Å². The summed E-state index contributed by atoms with van der Waals surface area (Å²) in [7, 11) is 6.92. The van der Waals surface area contributed by atoms with E-state index in [0.29, 0.717) is 69.2 Å². The molecule has 3 N–H and O–H groups in total. The number of benzene rings is 4. The molecule has 3 aliphatic rings. The number of nitrogens with zero attached hydrogens (tertiary/aromatic N) is 12. The van der Waals surface area contributed by atoms with Gasteiger partial charge in [0.25, 0.3) is 28.8 Å². The SMILES string of the molecule is COC(=O)[C@H](Cc1ccc(-c2c(C(F)(F)F)cc(C)n(C)c2=O)c2nccn12)NC(=O)c1c(F)cc(N2CCOC[C@@H]2C(F)(F)F)cc1F.COC(=O)[C@H](Cc1ccc(-c2c(OC)cc(F)cc2C(F)(F)F)c2nccn12)NC(=O)c1c(F)cc(N2CCOC[C@@H]2C(F)(F)F)cc1F.COC(=O)[C@H](Cc1ccc(-c2nccn(C)c2=O)c2nccn12)NC(=O)c1c(F)cc(N2CCOC[C@@H]2C(F)(F)F)cc1F. The lowest BCUT2D eigenvalue weighted by Crippen LogP contribution is -2.53. The molecule has 3 fully saturated rings. The number of aromatic nitrogens is 9. The summed E-state index contributed by atoms with van der Waals surface area (Å²) in [5, 5.41) is 6.57. The summed E-state index contributed by atoms with van der Waals surface area (Å²) in [6.45, 7) is -2.27. The summed E-state index contributed by atoms with van der Waals surface area (Å²) in [6.07, 6.45) is -14.3. The second kappa shape index (κ2) is 41.9. The first-order valence-electron chi connectivity index (χ1n) is 41.9. The van der Waals surface area contributed by atoms with Gasteiger partial charge in [-0.15, -0.1) is 0 Å². The molecule has 0 radical (unpaired) electrons. The molecule has 3 saturated heterocycles. The van der Waals surface area contributed by atoms with Crippen molar-refractivity contribution in [2.75, 3.05) is 102 Å². The number of fused-ring (bicyclic) bond motifs is 3. The first kappa shape index (κ1) is 104. The largest absolute Gasteiger partial charge is 0.496 e. The molecule has 0 aliphatic carbocycles. The van der Waals surface area contributed by atoms with Gasteiger partial charge in [-0.2, -0.15) is 65.9 Å². The van der Waals surface area contributed by atoms with Gasteiger partial charge in [0.05, 0.1) is 84.8 Å². The van der Waals surface area contributed by atoms with Crippen LogP contribution in [0.3, 0.4) is 0 Å². The molecule has 3 amide bonds. The number of amides is 3. The number of hydrogen-bond acceptors (Lipinski definition) is 22. The van der Waals surface area contributed by atoms with E-state index >= 15 is 26.3 Å². The zero-order chi connectivity index (χ0) is 104. The fraction of sp³-hybridized carbons (Fsp3) is 0.333. The highest BCUT2D eigenvalue weighted by Gasteiger charge is 2.50. The topological polar surface area (TPSA) is 322 Å². The second-order valence-electron chi connectivity index (χ2n) is 31.8. The molecule has 142 heavy (non-hydrogen) atoms. The van der Waals surface area contributed by atoms with Crippen LogP contribution in [-0.2, 0) is 88.5 Å². The molecule has 12 aromatic rings. The minimum atomic E-state index is -5.00. The van der Waals surface area contributed by atoms with Crippen molar-refractivity contribution in [1.82, 2.24) is 58.2 Å². The lowest BCUT2D eigenvalue weighted by atomic mass is 9.97. The van der Waals surface area contributed by atoms with Crippen LogP contribution in [-0.4, -0.2) is 220 Å². The van der Waals surface area contributed by atoms with Crippen LogP contribution in [0.2, 0.25) is 0 Å². The summed E-state index contributed by atoms with van der Waals surface area (Å²) < 4.78 is 351. The standard InChI is InChI=1S/C31H25F9N4O5.C31H27F8N5O5.C28H25F5N6O5/c1-47-23-10-15(32)9-19(30(35,36)37)25(23)18-4-3-16(44-6-5-41-27(18)44)13-22(29(46)48-2)42-28(45)26-20(33)11-17(12-21(26)34)43-7-8-49-14-24(43)31(38,39)40;1-15-10-19(30(34,35)36)24(28(46)42(15)2)18-5-4-16(44-7-6-40-26(18)44)13-22(29(47)48-3)41-27(45)25-20(32)11-17(12-21(25)33)43-8-9-49-14-23(43)31(37,38)39;1-37-7-5-34-23(26(37)41)17-4-3-15(39-8-6-35-24(17)39)13-20(27(42)43-2)36-25(40)22-18(29)11-16(12-19(22)30)38-9-10-44-14-21(38)28(31,32)33/h3-6,9-12,22,24H,7-8,13-14H2,1-2H3,(H,42,45);4-7,10-12,22-23H,8-9,13-14H2,1-3H3,(H,41,45);3-8,11-12,20-21H,9-10,13-14H2,1-2H3,(H,36,40)/t22-,24+;22-,23+;20-,21+/m000/s1. The molecule has 0 bridgehead atoms. The van der Waals surface area contributed by atoms with E-state index in [1.807, 2.05) is 0 Å². The number of alkyl halides is 15. The van der Waals surface area contributed by atoms with Crippen LogP contribution in [0, 0.1) is 47.6 Å². The maximum Gasteiger partial charge on any atom is 0.417 e. The zero-order valence-corrected chi connectivity index (χ0v) is 74.5. The van der Waals surface area contributed by atoms with E-state index in [1.54, 1.807) is 29.8 Å². The lowest BCUT2D eigenvalue weighted by Gasteiger charge is -2.38. The van der Waals surface area contributed by atoms with Gasteiger partial charge in [0.1, 0.15) is 122 Å². The van der Waals surface area contributed by atoms with Crippen LogP contribution in [0.1, 0.15) is 65.0 Å². The highest BCUT2D eigenvalue weighted by atomic mass is 19.4. The number of pyridine rings is 4. The molecule has 6 atom stereocenters. The van der Waals surface area contributed by atoms with Crippen LogP contribution in [0.15, 0.2) is 150 Å². The number of rotatable bonds is 22. The summed E-state index contributed by atoms with van der Waals surface area (Å²) in [5.41, 5.74) is -8.79. The smallest absolute Gasteiger partial charge is 0.417 e. The van der Waals surface area contributed by atoms with Crippen LogP contribution >= 0.6 is 0 Å². The normalized spacial score (nSPS) is 16.1. The molecule has 4 aromatic carbocycles. The maximum atomic E-state index is 15.2. The van der Waals surface area contributed by atoms with E-state index in [4.69, 9.17) is 33.2 Å². The summed E-state index contributed by atoms with van der Waals surface area (Å²) in [6, 6.07) is 2.25. The number of anilines is 3. The van der Waals surface area contributed by atoms with E-state index in [1.165, 1.54) is 95.0 Å². The minimum Gasteiger partial charge on any atom is -0.496 e. The summed E-state index contributed by atoms with van der Waals surface area (Å²) >= 11 is 0. The Morgan fingerprint density at radius 3 is 1.06 bits per heavy atom. The third-order valence-electron chi connectivity index (χ3n) is 23.2. The number of methoxy groups -OCH3 is 4. The third kappa shape index (κ3) is 22.1. The third-order valence-corrected chi connectivity index (χ3v) is 23.2. The molecule has 52 heteroatoms. The van der Waals surface area contributed by atoms with Gasteiger partial charge in [0.2, 0.25) is 0 Å². The second-order valence-corrected chi connectivity index (χ2v) is 31.8. The predicted octanol–water partition coefficient (Wildman–Crippen LogP) is 13.0. The van der Waals surface area contributed by atoms with Gasteiger partial charge < -0.3 is 86.1 Å².